The van der Waals surface area contributed by atoms with E-state index in [1.165, 1.54) is 26.2 Å². The van der Waals surface area contributed by atoms with Crippen molar-refractivity contribution >= 4 is 11.9 Å². The molecule has 0 fully saturated rings. The molecule has 1 rings (SSSR count). The summed E-state index contributed by atoms with van der Waals surface area (Å²) in [4.78, 5) is 24.7. The van der Waals surface area contributed by atoms with Crippen LogP contribution in [0.15, 0.2) is 12.1 Å². The lowest BCUT2D eigenvalue weighted by Gasteiger charge is -2.22. The van der Waals surface area contributed by atoms with Crippen molar-refractivity contribution in [3.05, 3.63) is 17.7 Å². The molecule has 0 spiro atoms. The molecule has 22 heavy (non-hydrogen) atoms. The number of nitrogens with zero attached hydrogens (tertiary/aromatic N) is 1. The lowest BCUT2D eigenvalue weighted by Crippen LogP contribution is -2.33. The highest BCUT2D eigenvalue weighted by atomic mass is 16.5. The second-order valence-electron chi connectivity index (χ2n) is 4.41. The van der Waals surface area contributed by atoms with Gasteiger partial charge in [-0.25, -0.2) is 0 Å². The SMILES string of the molecule is CCN(CCC(=O)O)C(=O)c1ccc(OC)c(OC)c1OC. The Morgan fingerprint density at radius 2 is 1.73 bits per heavy atom. The number of hydrogen-bond acceptors (Lipinski definition) is 5. The van der Waals surface area contributed by atoms with Crippen molar-refractivity contribution < 1.29 is 28.9 Å². The van der Waals surface area contributed by atoms with Crippen LogP contribution in [-0.2, 0) is 4.79 Å². The molecule has 0 saturated carbocycles. The first-order valence-electron chi connectivity index (χ1n) is 6.80. The van der Waals surface area contributed by atoms with Crippen molar-refractivity contribution in [2.75, 3.05) is 34.4 Å². The molecule has 0 aliphatic rings. The van der Waals surface area contributed by atoms with E-state index in [0.717, 1.165) is 0 Å². The summed E-state index contributed by atoms with van der Waals surface area (Å²) in [7, 11) is 4.38. The maximum Gasteiger partial charge on any atom is 0.305 e. The van der Waals surface area contributed by atoms with E-state index in [2.05, 4.69) is 0 Å². The predicted octanol–water partition coefficient (Wildman–Crippen LogP) is 1.65. The molecule has 1 N–H and O–H groups in total. The van der Waals surface area contributed by atoms with Crippen LogP contribution in [0.5, 0.6) is 17.2 Å². The Morgan fingerprint density at radius 1 is 1.09 bits per heavy atom. The third kappa shape index (κ3) is 3.81. The number of amides is 1. The molecule has 0 atom stereocenters. The number of carboxylic acid groups (broad SMARTS) is 1. The topological polar surface area (TPSA) is 85.3 Å². The van der Waals surface area contributed by atoms with Gasteiger partial charge in [0.2, 0.25) is 5.75 Å². The molecule has 7 nitrogen and oxygen atoms in total. The minimum atomic E-state index is -0.953. The molecule has 0 aliphatic heterocycles. The van der Waals surface area contributed by atoms with Gasteiger partial charge in [-0.2, -0.15) is 0 Å². The Morgan fingerprint density at radius 3 is 2.18 bits per heavy atom. The molecule has 0 radical (unpaired) electrons. The molecular formula is C15H21NO6. The van der Waals surface area contributed by atoms with E-state index in [1.807, 2.05) is 0 Å². The Labute approximate surface area is 129 Å². The second kappa shape index (κ2) is 8.11. The van der Waals surface area contributed by atoms with Gasteiger partial charge in [0, 0.05) is 13.1 Å². The average Bonchev–Trinajstić information content (AvgIpc) is 2.53. The van der Waals surface area contributed by atoms with Gasteiger partial charge in [-0.3, -0.25) is 9.59 Å². The molecule has 0 aromatic heterocycles. The summed E-state index contributed by atoms with van der Waals surface area (Å²) < 4.78 is 15.7. The Balaban J connectivity index is 3.18. The first-order valence-corrected chi connectivity index (χ1v) is 6.80. The second-order valence-corrected chi connectivity index (χ2v) is 4.41. The van der Waals surface area contributed by atoms with E-state index in [9.17, 15) is 9.59 Å². The van der Waals surface area contributed by atoms with Crippen LogP contribution in [0, 0.1) is 0 Å². The summed E-state index contributed by atoms with van der Waals surface area (Å²) in [6.07, 6.45) is -0.116. The number of hydrogen-bond donors (Lipinski definition) is 1. The third-order valence-corrected chi connectivity index (χ3v) is 3.20. The normalized spacial score (nSPS) is 10.0. The van der Waals surface area contributed by atoms with Gasteiger partial charge in [0.05, 0.1) is 33.3 Å². The van der Waals surface area contributed by atoms with Crippen LogP contribution >= 0.6 is 0 Å². The van der Waals surface area contributed by atoms with Gasteiger partial charge in [0.1, 0.15) is 0 Å². The van der Waals surface area contributed by atoms with Crippen LogP contribution in [-0.4, -0.2) is 56.3 Å². The summed E-state index contributed by atoms with van der Waals surface area (Å²) >= 11 is 0. The fourth-order valence-corrected chi connectivity index (χ4v) is 2.07. The van der Waals surface area contributed by atoms with E-state index >= 15 is 0 Å². The Bertz CT molecular complexity index is 543. The van der Waals surface area contributed by atoms with Gasteiger partial charge in [-0.05, 0) is 19.1 Å². The number of methoxy groups -OCH3 is 3. The highest BCUT2D eigenvalue weighted by Gasteiger charge is 2.24. The Hall–Kier alpha value is -2.44. The highest BCUT2D eigenvalue weighted by molar-refractivity contribution is 5.98. The van der Waals surface area contributed by atoms with Crippen molar-refractivity contribution in [1.82, 2.24) is 4.90 Å². The van der Waals surface area contributed by atoms with Crippen LogP contribution in [0.4, 0.5) is 0 Å². The van der Waals surface area contributed by atoms with Gasteiger partial charge < -0.3 is 24.2 Å². The number of carboxylic acids is 1. The van der Waals surface area contributed by atoms with Gasteiger partial charge in [-0.15, -0.1) is 0 Å². The van der Waals surface area contributed by atoms with E-state index < -0.39 is 5.97 Å². The molecule has 0 aliphatic carbocycles. The molecule has 0 bridgehead atoms. The molecule has 7 heteroatoms. The standard InChI is InChI=1S/C15H21NO6/c1-5-16(9-8-12(17)18)15(19)10-6-7-11(20-2)14(22-4)13(10)21-3/h6-7H,5,8-9H2,1-4H3,(H,17,18). The molecule has 1 aromatic carbocycles. The van der Waals surface area contributed by atoms with Crippen LogP contribution in [0.3, 0.4) is 0 Å². The van der Waals surface area contributed by atoms with Crippen molar-refractivity contribution in [1.29, 1.82) is 0 Å². The fraction of sp³-hybridized carbons (Fsp3) is 0.467. The molecule has 1 amide bonds. The van der Waals surface area contributed by atoms with Crippen LogP contribution < -0.4 is 14.2 Å². The van der Waals surface area contributed by atoms with Crippen LogP contribution in [0.1, 0.15) is 23.7 Å². The van der Waals surface area contributed by atoms with E-state index in [0.29, 0.717) is 23.6 Å². The van der Waals surface area contributed by atoms with E-state index in [-0.39, 0.29) is 24.6 Å². The first-order chi connectivity index (χ1) is 10.5. The number of carbonyl (C=O) groups excluding carboxylic acids is 1. The smallest absolute Gasteiger partial charge is 0.305 e. The lowest BCUT2D eigenvalue weighted by atomic mass is 10.1. The largest absolute Gasteiger partial charge is 0.493 e. The monoisotopic (exact) mass is 311 g/mol. The van der Waals surface area contributed by atoms with Crippen molar-refractivity contribution in [2.24, 2.45) is 0 Å². The molecular weight excluding hydrogens is 290 g/mol. The summed E-state index contributed by atoms with van der Waals surface area (Å²) in [5.41, 5.74) is 0.299. The van der Waals surface area contributed by atoms with Gasteiger partial charge in [-0.1, -0.05) is 0 Å². The van der Waals surface area contributed by atoms with Crippen LogP contribution in [0.2, 0.25) is 0 Å². The van der Waals surface area contributed by atoms with E-state index in [4.69, 9.17) is 19.3 Å². The number of aliphatic carboxylic acids is 1. The summed E-state index contributed by atoms with van der Waals surface area (Å²) in [5, 5.41) is 8.76. The van der Waals surface area contributed by atoms with Crippen molar-refractivity contribution in [2.45, 2.75) is 13.3 Å². The summed E-state index contributed by atoms with van der Waals surface area (Å²) in [5.74, 6) is -0.234. The molecule has 0 unspecified atom stereocenters. The first kappa shape index (κ1) is 17.6. The van der Waals surface area contributed by atoms with Gasteiger partial charge in [0.25, 0.3) is 5.91 Å². The minimum Gasteiger partial charge on any atom is -0.493 e. The average molecular weight is 311 g/mol. The number of benzene rings is 1. The molecule has 1 aromatic rings. The zero-order valence-electron chi connectivity index (χ0n) is 13.2. The molecule has 0 saturated heterocycles. The zero-order chi connectivity index (χ0) is 16.7. The van der Waals surface area contributed by atoms with Gasteiger partial charge >= 0.3 is 5.97 Å². The third-order valence-electron chi connectivity index (χ3n) is 3.20. The maximum absolute atomic E-state index is 12.6. The number of rotatable bonds is 8. The zero-order valence-corrected chi connectivity index (χ0v) is 13.2. The van der Waals surface area contributed by atoms with Crippen LogP contribution in [0.25, 0.3) is 0 Å². The minimum absolute atomic E-state index is 0.116. The lowest BCUT2D eigenvalue weighted by molar-refractivity contribution is -0.137. The number of ether oxygens (including phenoxy) is 3. The molecule has 0 heterocycles. The summed E-state index contributed by atoms with van der Waals surface area (Å²) in [6, 6.07) is 3.19. The number of carbonyl (C=O) groups is 2. The predicted molar refractivity (Wildman–Crippen MR) is 79.9 cm³/mol. The van der Waals surface area contributed by atoms with Crippen molar-refractivity contribution in [3.8, 4) is 17.2 Å². The fourth-order valence-electron chi connectivity index (χ4n) is 2.07. The quantitative estimate of drug-likeness (QED) is 0.785. The highest BCUT2D eigenvalue weighted by Crippen LogP contribution is 2.40. The summed E-state index contributed by atoms with van der Waals surface area (Å²) in [6.45, 7) is 2.30. The molecule has 122 valence electrons. The van der Waals surface area contributed by atoms with Gasteiger partial charge in [0.15, 0.2) is 11.5 Å². The van der Waals surface area contributed by atoms with Crippen molar-refractivity contribution in [3.63, 3.8) is 0 Å². The maximum atomic E-state index is 12.6. The van der Waals surface area contributed by atoms with E-state index in [1.54, 1.807) is 19.1 Å². The Kier molecular flexibility index (Phi) is 6.49.